The molecule has 0 bridgehead atoms. The van der Waals surface area contributed by atoms with Gasteiger partial charge in [0.15, 0.2) is 0 Å². The molecule has 1 aromatic heterocycles. The number of nitrogens with zero attached hydrogens (tertiary/aromatic N) is 2. The quantitative estimate of drug-likeness (QED) is 0.863. The maximum absolute atomic E-state index is 12.2. The number of rotatable bonds is 3. The normalized spacial score (nSPS) is 18.8. The van der Waals surface area contributed by atoms with Gasteiger partial charge in [-0.15, -0.1) is 0 Å². The van der Waals surface area contributed by atoms with Crippen LogP contribution in [0.25, 0.3) is 0 Å². The highest BCUT2D eigenvalue weighted by molar-refractivity contribution is 9.10. The SMILES string of the molecule is CC1CCN(S(=O)(=O)Nc2cccnc2Br)CC1. The summed E-state index contributed by atoms with van der Waals surface area (Å²) in [7, 11) is -3.47. The maximum Gasteiger partial charge on any atom is 0.301 e. The summed E-state index contributed by atoms with van der Waals surface area (Å²) in [5, 5.41) is 0. The number of hydrogen-bond acceptors (Lipinski definition) is 3. The molecule has 1 N–H and O–H groups in total. The largest absolute Gasteiger partial charge is 0.301 e. The van der Waals surface area contributed by atoms with Gasteiger partial charge in [-0.05, 0) is 46.8 Å². The van der Waals surface area contributed by atoms with Gasteiger partial charge in [-0.1, -0.05) is 6.92 Å². The molecule has 2 heterocycles. The fourth-order valence-electron chi connectivity index (χ4n) is 1.89. The van der Waals surface area contributed by atoms with E-state index in [9.17, 15) is 8.42 Å². The molecular weight excluding hydrogens is 318 g/mol. The topological polar surface area (TPSA) is 62.3 Å². The number of nitrogens with one attached hydrogen (secondary N) is 1. The monoisotopic (exact) mass is 333 g/mol. The Morgan fingerprint density at radius 2 is 2.11 bits per heavy atom. The highest BCUT2D eigenvalue weighted by atomic mass is 79.9. The third kappa shape index (κ3) is 3.21. The molecule has 0 amide bonds. The van der Waals surface area contributed by atoms with E-state index in [2.05, 4.69) is 32.6 Å². The van der Waals surface area contributed by atoms with E-state index in [4.69, 9.17) is 0 Å². The molecule has 2 rings (SSSR count). The summed E-state index contributed by atoms with van der Waals surface area (Å²) in [5.74, 6) is 0.599. The van der Waals surface area contributed by atoms with E-state index in [1.807, 2.05) is 0 Å². The summed E-state index contributed by atoms with van der Waals surface area (Å²) in [6.07, 6.45) is 3.43. The molecule has 1 aliphatic rings. The van der Waals surface area contributed by atoms with Gasteiger partial charge in [-0.25, -0.2) is 4.98 Å². The van der Waals surface area contributed by atoms with Crippen molar-refractivity contribution >= 4 is 31.8 Å². The van der Waals surface area contributed by atoms with E-state index in [1.165, 1.54) is 4.31 Å². The van der Waals surface area contributed by atoms with Crippen molar-refractivity contribution in [2.75, 3.05) is 17.8 Å². The smallest absolute Gasteiger partial charge is 0.268 e. The van der Waals surface area contributed by atoms with Crippen LogP contribution in [0, 0.1) is 5.92 Å². The van der Waals surface area contributed by atoms with Gasteiger partial charge < -0.3 is 0 Å². The first-order valence-corrected chi connectivity index (χ1v) is 8.11. The zero-order valence-electron chi connectivity index (χ0n) is 10.1. The van der Waals surface area contributed by atoms with Crippen molar-refractivity contribution in [1.29, 1.82) is 0 Å². The van der Waals surface area contributed by atoms with Crippen LogP contribution in [0.4, 0.5) is 5.69 Å². The summed E-state index contributed by atoms with van der Waals surface area (Å²) >= 11 is 3.23. The number of pyridine rings is 1. The molecule has 1 fully saturated rings. The minimum Gasteiger partial charge on any atom is -0.268 e. The van der Waals surface area contributed by atoms with Gasteiger partial charge in [0, 0.05) is 19.3 Å². The van der Waals surface area contributed by atoms with Gasteiger partial charge in [-0.2, -0.15) is 12.7 Å². The molecule has 7 heteroatoms. The third-order valence-corrected chi connectivity index (χ3v) is 5.24. The average Bonchev–Trinajstić information content (AvgIpc) is 2.32. The first-order valence-electron chi connectivity index (χ1n) is 5.87. The van der Waals surface area contributed by atoms with Crippen molar-refractivity contribution in [1.82, 2.24) is 9.29 Å². The van der Waals surface area contributed by atoms with E-state index >= 15 is 0 Å². The third-order valence-electron chi connectivity index (χ3n) is 3.08. The second-order valence-corrected chi connectivity index (χ2v) is 6.95. The van der Waals surface area contributed by atoms with E-state index in [1.54, 1.807) is 18.3 Å². The standard InChI is InChI=1S/C11H16BrN3O2S/c1-9-4-7-15(8-5-9)18(16,17)14-10-3-2-6-13-11(10)12/h2-3,6,9,14H,4-5,7-8H2,1H3. The molecule has 0 atom stereocenters. The summed E-state index contributed by atoms with van der Waals surface area (Å²) < 4.78 is 28.9. The number of hydrogen-bond donors (Lipinski definition) is 1. The highest BCUT2D eigenvalue weighted by Gasteiger charge is 2.26. The van der Waals surface area contributed by atoms with Gasteiger partial charge in [0.2, 0.25) is 0 Å². The first-order chi connectivity index (χ1) is 8.49. The number of aromatic nitrogens is 1. The number of piperidine rings is 1. The minimum atomic E-state index is -3.47. The molecule has 1 aromatic rings. The molecule has 0 saturated carbocycles. The Hall–Kier alpha value is -0.660. The fourth-order valence-corrected chi connectivity index (χ4v) is 3.63. The zero-order chi connectivity index (χ0) is 13.2. The van der Waals surface area contributed by atoms with Crippen molar-refractivity contribution in [3.63, 3.8) is 0 Å². The van der Waals surface area contributed by atoms with Crippen LogP contribution in [0.15, 0.2) is 22.9 Å². The van der Waals surface area contributed by atoms with Crippen LogP contribution in [0.3, 0.4) is 0 Å². The lowest BCUT2D eigenvalue weighted by Gasteiger charge is -2.29. The Kier molecular flexibility index (Phi) is 4.24. The van der Waals surface area contributed by atoms with Crippen molar-refractivity contribution in [3.05, 3.63) is 22.9 Å². The molecule has 100 valence electrons. The molecule has 1 aliphatic heterocycles. The lowest BCUT2D eigenvalue weighted by atomic mass is 10.0. The molecule has 0 aromatic carbocycles. The molecule has 18 heavy (non-hydrogen) atoms. The zero-order valence-corrected chi connectivity index (χ0v) is 12.5. The van der Waals surface area contributed by atoms with E-state index < -0.39 is 10.2 Å². The number of anilines is 1. The molecule has 0 unspecified atom stereocenters. The molecule has 5 nitrogen and oxygen atoms in total. The van der Waals surface area contributed by atoms with Gasteiger partial charge in [0.1, 0.15) is 4.60 Å². The van der Waals surface area contributed by atoms with Crippen LogP contribution < -0.4 is 4.72 Å². The molecular formula is C11H16BrN3O2S. The Labute approximate surface area is 116 Å². The van der Waals surface area contributed by atoms with E-state index in [0.29, 0.717) is 29.3 Å². The predicted molar refractivity (Wildman–Crippen MR) is 74.5 cm³/mol. The van der Waals surface area contributed by atoms with E-state index in [-0.39, 0.29) is 0 Å². The summed E-state index contributed by atoms with van der Waals surface area (Å²) in [6.45, 7) is 3.30. The van der Waals surface area contributed by atoms with Gasteiger partial charge in [-0.3, -0.25) is 4.72 Å². The van der Waals surface area contributed by atoms with E-state index in [0.717, 1.165) is 12.8 Å². The summed E-state index contributed by atoms with van der Waals surface area (Å²) in [6, 6.07) is 3.38. The second-order valence-electron chi connectivity index (χ2n) is 4.53. The Balaban J connectivity index is 2.10. The van der Waals surface area contributed by atoms with Crippen molar-refractivity contribution in [3.8, 4) is 0 Å². The maximum atomic E-state index is 12.2. The summed E-state index contributed by atoms with van der Waals surface area (Å²) in [4.78, 5) is 3.99. The molecule has 0 aliphatic carbocycles. The Morgan fingerprint density at radius 1 is 1.44 bits per heavy atom. The van der Waals surface area contributed by atoms with Crippen LogP contribution in [-0.4, -0.2) is 30.8 Å². The van der Waals surface area contributed by atoms with Crippen LogP contribution in [-0.2, 0) is 10.2 Å². The van der Waals surface area contributed by atoms with Gasteiger partial charge in [0.05, 0.1) is 5.69 Å². The molecule has 1 saturated heterocycles. The Bertz CT molecular complexity index is 513. The van der Waals surface area contributed by atoms with Gasteiger partial charge >= 0.3 is 10.2 Å². The predicted octanol–water partition coefficient (Wildman–Crippen LogP) is 2.23. The first kappa shape index (κ1) is 13.8. The molecule has 0 spiro atoms. The van der Waals surface area contributed by atoms with Crippen LogP contribution in [0.1, 0.15) is 19.8 Å². The van der Waals surface area contributed by atoms with Crippen molar-refractivity contribution in [2.24, 2.45) is 5.92 Å². The fraction of sp³-hybridized carbons (Fsp3) is 0.545. The second kappa shape index (κ2) is 5.54. The minimum absolute atomic E-state index is 0.469. The van der Waals surface area contributed by atoms with Crippen LogP contribution in [0.5, 0.6) is 0 Å². The van der Waals surface area contributed by atoms with Crippen LogP contribution in [0.2, 0.25) is 0 Å². The Morgan fingerprint density at radius 3 is 2.72 bits per heavy atom. The summed E-state index contributed by atoms with van der Waals surface area (Å²) in [5.41, 5.74) is 0.469. The lowest BCUT2D eigenvalue weighted by Crippen LogP contribution is -2.41. The average molecular weight is 334 g/mol. The molecule has 0 radical (unpaired) electrons. The lowest BCUT2D eigenvalue weighted by molar-refractivity contribution is 0.289. The number of halogens is 1. The van der Waals surface area contributed by atoms with Crippen LogP contribution >= 0.6 is 15.9 Å². The highest BCUT2D eigenvalue weighted by Crippen LogP contribution is 2.23. The van der Waals surface area contributed by atoms with Crippen molar-refractivity contribution in [2.45, 2.75) is 19.8 Å². The van der Waals surface area contributed by atoms with Gasteiger partial charge in [0.25, 0.3) is 0 Å². The van der Waals surface area contributed by atoms with Crippen molar-refractivity contribution < 1.29 is 8.42 Å².